The van der Waals surface area contributed by atoms with Crippen LogP contribution in [0.15, 0.2) is 55.0 Å². The summed E-state index contributed by atoms with van der Waals surface area (Å²) in [4.78, 5) is 25.2. The minimum Gasteiger partial charge on any atom is -0.383 e. The zero-order chi connectivity index (χ0) is 21.4. The van der Waals surface area contributed by atoms with Gasteiger partial charge >= 0.3 is 0 Å². The Morgan fingerprint density at radius 3 is 2.87 bits per heavy atom. The fourth-order valence-corrected chi connectivity index (χ4v) is 5.46. The third-order valence-corrected chi connectivity index (χ3v) is 7.30. The minimum atomic E-state index is 0.126. The number of aryl methyl sites for hydroxylation is 1. The molecule has 0 aliphatic carbocycles. The topological polar surface area (TPSA) is 72.1 Å². The summed E-state index contributed by atoms with van der Waals surface area (Å²) in [6.07, 6.45) is 6.59. The van der Waals surface area contributed by atoms with Crippen LogP contribution in [0.5, 0.6) is 0 Å². The number of pyridine rings is 2. The second-order valence-corrected chi connectivity index (χ2v) is 9.39. The van der Waals surface area contributed by atoms with Gasteiger partial charge in [0.1, 0.15) is 5.82 Å². The van der Waals surface area contributed by atoms with Crippen molar-refractivity contribution < 1.29 is 4.79 Å². The number of carbonyl (C=O) groups is 1. The molecule has 5 rings (SSSR count). The molecule has 31 heavy (non-hydrogen) atoms. The van der Waals surface area contributed by atoms with Crippen LogP contribution in [-0.2, 0) is 26.1 Å². The van der Waals surface area contributed by atoms with Gasteiger partial charge in [0.15, 0.2) is 5.78 Å². The molecule has 0 saturated heterocycles. The van der Waals surface area contributed by atoms with Crippen LogP contribution >= 0.6 is 22.9 Å². The Morgan fingerprint density at radius 2 is 2.00 bits per heavy atom. The van der Waals surface area contributed by atoms with Crippen LogP contribution in [0.25, 0.3) is 10.8 Å². The van der Waals surface area contributed by atoms with Crippen molar-refractivity contribution in [2.24, 2.45) is 0 Å². The predicted molar refractivity (Wildman–Crippen MR) is 125 cm³/mol. The normalized spacial score (nSPS) is 13.6. The molecular weight excluding hydrogens is 428 g/mol. The highest BCUT2D eigenvalue weighted by molar-refractivity contribution is 7.14. The summed E-state index contributed by atoms with van der Waals surface area (Å²) in [7, 11) is 0. The zero-order valence-electron chi connectivity index (χ0n) is 16.8. The van der Waals surface area contributed by atoms with Crippen LogP contribution in [0.2, 0.25) is 5.02 Å². The highest BCUT2D eigenvalue weighted by Gasteiger charge is 2.21. The molecule has 1 aromatic carbocycles. The molecule has 3 aromatic heterocycles. The Labute approximate surface area is 189 Å². The lowest BCUT2D eigenvalue weighted by Gasteiger charge is -2.13. The molecule has 0 radical (unpaired) electrons. The summed E-state index contributed by atoms with van der Waals surface area (Å²) in [5.41, 5.74) is 9.61. The number of aromatic nitrogens is 2. The molecule has 4 heterocycles. The number of halogens is 1. The van der Waals surface area contributed by atoms with Crippen LogP contribution < -0.4 is 5.73 Å². The van der Waals surface area contributed by atoms with Gasteiger partial charge in [0.2, 0.25) is 0 Å². The molecule has 2 N–H and O–H groups in total. The van der Waals surface area contributed by atoms with Gasteiger partial charge < -0.3 is 5.73 Å². The van der Waals surface area contributed by atoms with Crippen LogP contribution in [0, 0.1) is 0 Å². The van der Waals surface area contributed by atoms with E-state index in [0.717, 1.165) is 45.7 Å². The second kappa shape index (κ2) is 8.38. The fraction of sp³-hybridized carbons (Fsp3) is 0.208. The van der Waals surface area contributed by atoms with Crippen molar-refractivity contribution in [2.45, 2.75) is 32.5 Å². The lowest BCUT2D eigenvalue weighted by atomic mass is 10.0. The average Bonchev–Trinajstić information content (AvgIpc) is 3.35. The van der Waals surface area contributed by atoms with Gasteiger partial charge in [0, 0.05) is 54.9 Å². The standard InChI is InChI=1S/C24H21ClN4OS/c25-20-10-22(31-23(20)14-29-12-17-5-7-27-11-18(17)13-29)21(30)4-2-15-1-3-19-16(9-15)6-8-28-24(19)26/h1,3,5-11H,2,4,12-14H2,(H2,26,28). The van der Waals surface area contributed by atoms with E-state index < -0.39 is 0 Å². The molecule has 0 fully saturated rings. The molecular formula is C24H21ClN4OS. The highest BCUT2D eigenvalue weighted by atomic mass is 35.5. The zero-order valence-corrected chi connectivity index (χ0v) is 18.4. The van der Waals surface area contributed by atoms with Gasteiger partial charge in [-0.3, -0.25) is 14.7 Å². The maximum atomic E-state index is 12.8. The van der Waals surface area contributed by atoms with Crippen molar-refractivity contribution in [3.05, 3.63) is 86.5 Å². The van der Waals surface area contributed by atoms with E-state index in [2.05, 4.69) is 27.0 Å². The number of anilines is 1. The van der Waals surface area contributed by atoms with Crippen LogP contribution in [0.3, 0.4) is 0 Å². The summed E-state index contributed by atoms with van der Waals surface area (Å²) in [6, 6.07) is 11.9. The van der Waals surface area contributed by atoms with Gasteiger partial charge in [0.05, 0.1) is 9.90 Å². The first-order valence-electron chi connectivity index (χ1n) is 10.2. The van der Waals surface area contributed by atoms with E-state index in [-0.39, 0.29) is 5.78 Å². The molecule has 0 atom stereocenters. The molecule has 7 heteroatoms. The van der Waals surface area contributed by atoms with E-state index >= 15 is 0 Å². The molecule has 0 saturated carbocycles. The van der Waals surface area contributed by atoms with Crippen molar-refractivity contribution in [3.8, 4) is 0 Å². The van der Waals surface area contributed by atoms with E-state index in [0.29, 0.717) is 23.7 Å². The molecule has 0 spiro atoms. The summed E-state index contributed by atoms with van der Waals surface area (Å²) < 4.78 is 0. The maximum Gasteiger partial charge on any atom is 0.173 e. The number of ketones is 1. The number of hydrogen-bond acceptors (Lipinski definition) is 6. The number of nitrogens with two attached hydrogens (primary N) is 1. The largest absolute Gasteiger partial charge is 0.383 e. The van der Waals surface area contributed by atoms with E-state index in [4.69, 9.17) is 17.3 Å². The number of carbonyl (C=O) groups excluding carboxylic acids is 1. The van der Waals surface area contributed by atoms with Gasteiger partial charge in [0.25, 0.3) is 0 Å². The molecule has 0 amide bonds. The maximum absolute atomic E-state index is 12.8. The summed E-state index contributed by atoms with van der Waals surface area (Å²) in [5, 5.41) is 2.66. The van der Waals surface area contributed by atoms with E-state index in [1.165, 1.54) is 22.5 Å². The Bertz CT molecular complexity index is 1260. The Balaban J connectivity index is 1.23. The van der Waals surface area contributed by atoms with Gasteiger partial charge in [-0.15, -0.1) is 11.3 Å². The third kappa shape index (κ3) is 4.19. The summed E-state index contributed by atoms with van der Waals surface area (Å²) in [6.45, 7) is 2.49. The number of Topliss-reactive ketones (excluding diaryl/α,β-unsaturated/α-hetero) is 1. The first-order valence-corrected chi connectivity index (χ1v) is 11.3. The Morgan fingerprint density at radius 1 is 1.13 bits per heavy atom. The van der Waals surface area contributed by atoms with Gasteiger partial charge in [-0.25, -0.2) is 4.98 Å². The van der Waals surface area contributed by atoms with Crippen LogP contribution in [-0.4, -0.2) is 20.7 Å². The molecule has 0 bridgehead atoms. The van der Waals surface area contributed by atoms with E-state index in [1.54, 1.807) is 6.20 Å². The molecule has 4 aromatic rings. The fourth-order valence-electron chi connectivity index (χ4n) is 4.04. The van der Waals surface area contributed by atoms with Crippen molar-refractivity contribution in [1.29, 1.82) is 0 Å². The van der Waals surface area contributed by atoms with Crippen molar-refractivity contribution in [2.75, 3.05) is 5.73 Å². The van der Waals surface area contributed by atoms with E-state index in [1.807, 2.05) is 36.7 Å². The van der Waals surface area contributed by atoms with Crippen molar-refractivity contribution in [3.63, 3.8) is 0 Å². The first-order chi connectivity index (χ1) is 15.1. The average molecular weight is 449 g/mol. The van der Waals surface area contributed by atoms with Gasteiger partial charge in [-0.2, -0.15) is 0 Å². The molecule has 1 aliphatic heterocycles. The number of nitrogens with zero attached hydrogens (tertiary/aromatic N) is 3. The van der Waals surface area contributed by atoms with Crippen LogP contribution in [0.4, 0.5) is 5.82 Å². The number of fused-ring (bicyclic) bond motifs is 2. The van der Waals surface area contributed by atoms with Crippen LogP contribution in [0.1, 0.15) is 37.7 Å². The predicted octanol–water partition coefficient (Wildman–Crippen LogP) is 5.26. The highest BCUT2D eigenvalue weighted by Crippen LogP contribution is 2.32. The lowest BCUT2D eigenvalue weighted by molar-refractivity contribution is 0.0986. The lowest BCUT2D eigenvalue weighted by Crippen LogP contribution is -2.14. The van der Waals surface area contributed by atoms with Gasteiger partial charge in [-0.1, -0.05) is 29.8 Å². The SMILES string of the molecule is Nc1nccc2cc(CCC(=O)c3cc(Cl)c(CN4Cc5ccncc5C4)s3)ccc12. The minimum absolute atomic E-state index is 0.126. The second-order valence-electron chi connectivity index (χ2n) is 7.85. The van der Waals surface area contributed by atoms with E-state index in [9.17, 15) is 4.79 Å². The number of hydrogen-bond donors (Lipinski definition) is 1. The third-order valence-electron chi connectivity index (χ3n) is 5.69. The Kier molecular flexibility index (Phi) is 5.44. The first kappa shape index (κ1) is 20.1. The van der Waals surface area contributed by atoms with Crippen molar-refractivity contribution in [1.82, 2.24) is 14.9 Å². The molecule has 156 valence electrons. The molecule has 5 nitrogen and oxygen atoms in total. The van der Waals surface area contributed by atoms with Crippen molar-refractivity contribution >= 4 is 45.3 Å². The number of thiophene rings is 1. The quantitative estimate of drug-likeness (QED) is 0.407. The smallest absolute Gasteiger partial charge is 0.173 e. The number of nitrogen functional groups attached to an aromatic ring is 1. The number of rotatable bonds is 6. The molecule has 1 aliphatic rings. The Hall–Kier alpha value is -2.80. The summed E-state index contributed by atoms with van der Waals surface area (Å²) >= 11 is 7.99. The molecule has 0 unspecified atom stereocenters. The van der Waals surface area contributed by atoms with Gasteiger partial charge in [-0.05, 0) is 46.7 Å². The number of benzene rings is 1. The summed E-state index contributed by atoms with van der Waals surface area (Å²) in [5.74, 6) is 0.652. The monoisotopic (exact) mass is 448 g/mol.